The van der Waals surface area contributed by atoms with Gasteiger partial charge in [-0.2, -0.15) is 14.9 Å². The molecule has 126 valence electrons. The number of rotatable bonds is 5. The zero-order valence-corrected chi connectivity index (χ0v) is 14.0. The molecule has 0 fully saturated rings. The quantitative estimate of drug-likeness (QED) is 0.603. The third-order valence-corrected chi connectivity index (χ3v) is 4.17. The topological polar surface area (TPSA) is 78.9 Å². The first-order chi connectivity index (χ1) is 12.8. The van der Waals surface area contributed by atoms with Crippen LogP contribution in [0.2, 0.25) is 0 Å². The molecule has 26 heavy (non-hydrogen) atoms. The summed E-state index contributed by atoms with van der Waals surface area (Å²) in [4.78, 5) is 8.61. The van der Waals surface area contributed by atoms with E-state index in [-0.39, 0.29) is 0 Å². The molecule has 0 saturated carbocycles. The van der Waals surface area contributed by atoms with Gasteiger partial charge in [0, 0.05) is 30.7 Å². The molecule has 0 bridgehead atoms. The van der Waals surface area contributed by atoms with Crippen molar-refractivity contribution >= 4 is 11.5 Å². The normalized spacial score (nSPS) is 10.6. The van der Waals surface area contributed by atoms with E-state index in [9.17, 15) is 0 Å². The van der Waals surface area contributed by atoms with E-state index in [1.807, 2.05) is 30.5 Å². The average Bonchev–Trinajstić information content (AvgIpc) is 3.14. The Bertz CT molecular complexity index is 1060. The summed E-state index contributed by atoms with van der Waals surface area (Å²) < 4.78 is 1.80. The van der Waals surface area contributed by atoms with Gasteiger partial charge in [-0.15, -0.1) is 0 Å². The molecular formula is C20H16N6. The highest BCUT2D eigenvalue weighted by Gasteiger charge is 2.10. The van der Waals surface area contributed by atoms with E-state index >= 15 is 0 Å². The zero-order chi connectivity index (χ0) is 17.8. The summed E-state index contributed by atoms with van der Waals surface area (Å²) in [6.45, 7) is 0.775. The van der Waals surface area contributed by atoms with Crippen LogP contribution in [0.25, 0.3) is 16.8 Å². The number of benzene rings is 1. The summed E-state index contributed by atoms with van der Waals surface area (Å²) in [5.41, 5.74) is 4.52. The van der Waals surface area contributed by atoms with Crippen LogP contribution in [-0.4, -0.2) is 26.1 Å². The van der Waals surface area contributed by atoms with Gasteiger partial charge in [0.25, 0.3) is 0 Å². The molecule has 3 heterocycles. The Morgan fingerprint density at radius 3 is 2.69 bits per heavy atom. The van der Waals surface area contributed by atoms with Gasteiger partial charge in [-0.25, -0.2) is 4.98 Å². The summed E-state index contributed by atoms with van der Waals surface area (Å²) in [6.07, 6.45) is 8.10. The van der Waals surface area contributed by atoms with Gasteiger partial charge in [0.15, 0.2) is 5.65 Å². The maximum Gasteiger partial charge on any atom is 0.165 e. The van der Waals surface area contributed by atoms with E-state index in [0.29, 0.717) is 5.56 Å². The van der Waals surface area contributed by atoms with Crippen LogP contribution in [0.5, 0.6) is 0 Å². The van der Waals surface area contributed by atoms with Crippen molar-refractivity contribution in [2.24, 2.45) is 0 Å². The SMILES string of the molecule is N#Cc1ccc(-c2cnn3c(NCCc4cccnc4)ccnc23)cc1. The Balaban J connectivity index is 1.57. The molecule has 1 N–H and O–H groups in total. The number of hydrogen-bond donors (Lipinski definition) is 1. The number of pyridine rings is 1. The van der Waals surface area contributed by atoms with Crippen molar-refractivity contribution in [3.05, 3.63) is 78.4 Å². The van der Waals surface area contributed by atoms with Gasteiger partial charge < -0.3 is 5.32 Å². The summed E-state index contributed by atoms with van der Waals surface area (Å²) in [7, 11) is 0. The highest BCUT2D eigenvalue weighted by atomic mass is 15.3. The molecule has 0 radical (unpaired) electrons. The summed E-state index contributed by atoms with van der Waals surface area (Å²) >= 11 is 0. The number of hydrogen-bond acceptors (Lipinski definition) is 5. The summed E-state index contributed by atoms with van der Waals surface area (Å²) in [5.74, 6) is 0.888. The first kappa shape index (κ1) is 15.8. The fraction of sp³-hybridized carbons (Fsp3) is 0.100. The predicted octanol–water partition coefficient (Wildman–Crippen LogP) is 3.32. The Morgan fingerprint density at radius 1 is 1.04 bits per heavy atom. The van der Waals surface area contributed by atoms with Crippen LogP contribution in [-0.2, 0) is 6.42 Å². The Kier molecular flexibility index (Phi) is 4.27. The number of nitriles is 1. The number of nitrogens with zero attached hydrogens (tertiary/aromatic N) is 5. The molecule has 0 atom stereocenters. The Labute approximate surface area is 150 Å². The van der Waals surface area contributed by atoms with Crippen molar-refractivity contribution in [2.75, 3.05) is 11.9 Å². The van der Waals surface area contributed by atoms with Crippen molar-refractivity contribution in [3.63, 3.8) is 0 Å². The van der Waals surface area contributed by atoms with Gasteiger partial charge in [0.1, 0.15) is 5.82 Å². The first-order valence-electron chi connectivity index (χ1n) is 8.31. The van der Waals surface area contributed by atoms with E-state index in [1.54, 1.807) is 35.2 Å². The maximum absolute atomic E-state index is 8.94. The highest BCUT2D eigenvalue weighted by molar-refractivity contribution is 5.78. The van der Waals surface area contributed by atoms with Crippen LogP contribution in [0.1, 0.15) is 11.1 Å². The van der Waals surface area contributed by atoms with Crippen molar-refractivity contribution in [3.8, 4) is 17.2 Å². The van der Waals surface area contributed by atoms with Crippen molar-refractivity contribution in [1.29, 1.82) is 5.26 Å². The lowest BCUT2D eigenvalue weighted by molar-refractivity contribution is 0.911. The van der Waals surface area contributed by atoms with E-state index in [1.165, 1.54) is 5.56 Å². The molecule has 6 nitrogen and oxygen atoms in total. The molecule has 0 aliphatic rings. The van der Waals surface area contributed by atoms with Crippen LogP contribution >= 0.6 is 0 Å². The van der Waals surface area contributed by atoms with Crippen molar-refractivity contribution in [2.45, 2.75) is 6.42 Å². The van der Waals surface area contributed by atoms with Crippen LogP contribution in [0, 0.1) is 11.3 Å². The summed E-state index contributed by atoms with van der Waals surface area (Å²) in [6, 6.07) is 15.5. The minimum absolute atomic E-state index is 0.635. The minimum Gasteiger partial charge on any atom is -0.370 e. The van der Waals surface area contributed by atoms with Gasteiger partial charge in [-0.3, -0.25) is 4.98 Å². The standard InChI is InChI=1S/C20H16N6/c21-12-15-3-5-17(6-4-15)18-14-25-26-19(8-11-24-20(18)26)23-10-7-16-2-1-9-22-13-16/h1-6,8-9,11,13-14,23H,7,10H2. The molecule has 0 aliphatic heterocycles. The molecule has 6 heteroatoms. The smallest absolute Gasteiger partial charge is 0.165 e. The average molecular weight is 340 g/mol. The van der Waals surface area contributed by atoms with Crippen LogP contribution < -0.4 is 5.32 Å². The van der Waals surface area contributed by atoms with E-state index < -0.39 is 0 Å². The monoisotopic (exact) mass is 340 g/mol. The largest absolute Gasteiger partial charge is 0.370 e. The molecule has 0 spiro atoms. The van der Waals surface area contributed by atoms with Crippen LogP contribution in [0.3, 0.4) is 0 Å². The molecule has 0 unspecified atom stereocenters. The fourth-order valence-corrected chi connectivity index (χ4v) is 2.83. The van der Waals surface area contributed by atoms with Crippen molar-refractivity contribution in [1.82, 2.24) is 19.6 Å². The second-order valence-electron chi connectivity index (χ2n) is 5.85. The molecule has 0 amide bonds. The fourth-order valence-electron chi connectivity index (χ4n) is 2.83. The van der Waals surface area contributed by atoms with Gasteiger partial charge in [0.05, 0.1) is 17.8 Å². The second-order valence-corrected chi connectivity index (χ2v) is 5.85. The van der Waals surface area contributed by atoms with Gasteiger partial charge in [-0.05, 0) is 41.8 Å². The first-order valence-corrected chi connectivity index (χ1v) is 8.31. The highest BCUT2D eigenvalue weighted by Crippen LogP contribution is 2.25. The number of anilines is 1. The third-order valence-electron chi connectivity index (χ3n) is 4.17. The van der Waals surface area contributed by atoms with Gasteiger partial charge >= 0.3 is 0 Å². The molecule has 1 aromatic carbocycles. The van der Waals surface area contributed by atoms with Gasteiger partial charge in [-0.1, -0.05) is 18.2 Å². The number of aromatic nitrogens is 4. The van der Waals surface area contributed by atoms with Crippen LogP contribution in [0.4, 0.5) is 5.82 Å². The Morgan fingerprint density at radius 2 is 1.92 bits per heavy atom. The predicted molar refractivity (Wildman–Crippen MR) is 99.6 cm³/mol. The maximum atomic E-state index is 8.94. The van der Waals surface area contributed by atoms with Crippen molar-refractivity contribution < 1.29 is 0 Å². The molecule has 4 aromatic rings. The third kappa shape index (κ3) is 3.10. The molecule has 3 aromatic heterocycles. The Hall–Kier alpha value is -3.72. The van der Waals surface area contributed by atoms with E-state index in [2.05, 4.69) is 32.5 Å². The molecule has 0 aliphatic carbocycles. The number of fused-ring (bicyclic) bond motifs is 1. The second kappa shape index (κ2) is 7.03. The lowest BCUT2D eigenvalue weighted by Gasteiger charge is -2.08. The zero-order valence-electron chi connectivity index (χ0n) is 14.0. The van der Waals surface area contributed by atoms with E-state index in [4.69, 9.17) is 5.26 Å². The van der Waals surface area contributed by atoms with Crippen LogP contribution in [0.15, 0.2) is 67.3 Å². The summed E-state index contributed by atoms with van der Waals surface area (Å²) in [5, 5.41) is 16.8. The number of nitrogens with one attached hydrogen (secondary N) is 1. The minimum atomic E-state index is 0.635. The molecular weight excluding hydrogens is 324 g/mol. The lowest BCUT2D eigenvalue weighted by atomic mass is 10.1. The molecule has 0 saturated heterocycles. The van der Waals surface area contributed by atoms with E-state index in [0.717, 1.165) is 35.6 Å². The van der Waals surface area contributed by atoms with Gasteiger partial charge in [0.2, 0.25) is 0 Å². The lowest BCUT2D eigenvalue weighted by Crippen LogP contribution is -2.09. The molecule has 4 rings (SSSR count).